The van der Waals surface area contributed by atoms with Crippen LogP contribution in [0.25, 0.3) is 0 Å². The molecular formula is C27H25F3N2O5. The van der Waals surface area contributed by atoms with Crippen molar-refractivity contribution < 1.29 is 37.0 Å². The van der Waals surface area contributed by atoms with Gasteiger partial charge < -0.3 is 19.5 Å². The molecule has 1 aromatic heterocycles. The van der Waals surface area contributed by atoms with Crippen LogP contribution in [0.15, 0.2) is 60.8 Å². The number of Topliss-reactive ketones (excluding diaryl/α,β-unsaturated/α-hetero) is 1. The number of benzene rings is 2. The smallest absolute Gasteiger partial charge is 0.420 e. The van der Waals surface area contributed by atoms with E-state index in [0.29, 0.717) is 18.6 Å². The van der Waals surface area contributed by atoms with Gasteiger partial charge in [-0.2, -0.15) is 13.2 Å². The lowest BCUT2D eigenvalue weighted by Crippen LogP contribution is -2.33. The maximum absolute atomic E-state index is 13.4. The summed E-state index contributed by atoms with van der Waals surface area (Å²) in [4.78, 5) is 29.6. The Kier molecular flexibility index (Phi) is 7.37. The fourth-order valence-corrected chi connectivity index (χ4v) is 3.84. The van der Waals surface area contributed by atoms with E-state index in [9.17, 15) is 22.8 Å². The molecule has 0 bridgehead atoms. The lowest BCUT2D eigenvalue weighted by Gasteiger charge is -2.16. The van der Waals surface area contributed by atoms with Gasteiger partial charge in [0.2, 0.25) is 5.91 Å². The third kappa shape index (κ3) is 6.19. The number of hydrogen-bond donors (Lipinski definition) is 1. The van der Waals surface area contributed by atoms with Crippen LogP contribution in [0.3, 0.4) is 0 Å². The van der Waals surface area contributed by atoms with E-state index in [1.165, 1.54) is 44.7 Å². The van der Waals surface area contributed by atoms with E-state index in [0.717, 1.165) is 11.6 Å². The van der Waals surface area contributed by atoms with Gasteiger partial charge in [-0.05, 0) is 54.8 Å². The Hall–Kier alpha value is -4.08. The zero-order valence-corrected chi connectivity index (χ0v) is 20.2. The lowest BCUT2D eigenvalue weighted by atomic mass is 9.96. The molecule has 10 heteroatoms. The normalized spacial score (nSPS) is 14.0. The number of aromatic nitrogens is 1. The number of carbonyl (C=O) groups excluding carboxylic acids is 2. The summed E-state index contributed by atoms with van der Waals surface area (Å²) in [5.74, 6) is -0.00898. The molecule has 0 unspecified atom stereocenters. The van der Waals surface area contributed by atoms with Crippen LogP contribution in [0.2, 0.25) is 0 Å². The highest BCUT2D eigenvalue weighted by molar-refractivity contribution is 5.99. The second kappa shape index (κ2) is 10.5. The number of amides is 1. The van der Waals surface area contributed by atoms with Crippen LogP contribution in [0.4, 0.5) is 13.2 Å². The van der Waals surface area contributed by atoms with E-state index < -0.39 is 17.2 Å². The largest absolute Gasteiger partial charge is 0.497 e. The Morgan fingerprint density at radius 1 is 0.946 bits per heavy atom. The quantitative estimate of drug-likeness (QED) is 0.356. The number of pyridine rings is 1. The van der Waals surface area contributed by atoms with Crippen molar-refractivity contribution >= 4 is 11.7 Å². The topological polar surface area (TPSA) is 86.8 Å². The van der Waals surface area contributed by atoms with E-state index in [2.05, 4.69) is 10.3 Å². The third-order valence-corrected chi connectivity index (χ3v) is 6.18. The molecule has 0 atom stereocenters. The zero-order chi connectivity index (χ0) is 26.6. The van der Waals surface area contributed by atoms with Gasteiger partial charge in [0.1, 0.15) is 34.3 Å². The number of carbonyl (C=O) groups is 2. The molecule has 1 aliphatic rings. The summed E-state index contributed by atoms with van der Waals surface area (Å²) < 4.78 is 55.7. The van der Waals surface area contributed by atoms with Crippen LogP contribution in [-0.2, 0) is 17.5 Å². The van der Waals surface area contributed by atoms with Crippen molar-refractivity contribution in [3.05, 3.63) is 77.6 Å². The van der Waals surface area contributed by atoms with Crippen molar-refractivity contribution in [1.29, 1.82) is 0 Å². The molecule has 3 aromatic rings. The molecule has 0 aliphatic heterocycles. The molecule has 0 saturated heterocycles. The fraction of sp³-hybridized carbons (Fsp3) is 0.296. The van der Waals surface area contributed by atoms with Crippen molar-refractivity contribution in [3.63, 3.8) is 0 Å². The summed E-state index contributed by atoms with van der Waals surface area (Å²) in [5, 5.41) is 2.85. The Morgan fingerprint density at radius 3 is 2.22 bits per heavy atom. The summed E-state index contributed by atoms with van der Waals surface area (Å²) in [6.07, 6.45) is -1.88. The van der Waals surface area contributed by atoms with Crippen LogP contribution >= 0.6 is 0 Å². The first-order valence-corrected chi connectivity index (χ1v) is 11.5. The molecule has 194 valence electrons. The Balaban J connectivity index is 1.35. The minimum atomic E-state index is -4.61. The summed E-state index contributed by atoms with van der Waals surface area (Å²) in [7, 11) is 2.78. The molecule has 4 rings (SSSR count). The lowest BCUT2D eigenvalue weighted by molar-refractivity contribution is -0.138. The van der Waals surface area contributed by atoms with Crippen LogP contribution in [0, 0.1) is 5.41 Å². The van der Waals surface area contributed by atoms with Gasteiger partial charge in [0.05, 0.1) is 19.6 Å². The summed E-state index contributed by atoms with van der Waals surface area (Å²) >= 11 is 0. The van der Waals surface area contributed by atoms with Crippen LogP contribution in [0.1, 0.15) is 40.9 Å². The van der Waals surface area contributed by atoms with Crippen molar-refractivity contribution in [2.75, 3.05) is 14.2 Å². The van der Waals surface area contributed by atoms with E-state index in [4.69, 9.17) is 14.2 Å². The highest BCUT2D eigenvalue weighted by atomic mass is 19.4. The number of ether oxygens (including phenoxy) is 3. The van der Waals surface area contributed by atoms with Crippen molar-refractivity contribution in [2.45, 2.75) is 32.0 Å². The third-order valence-electron chi connectivity index (χ3n) is 6.18. The average molecular weight is 515 g/mol. The van der Waals surface area contributed by atoms with Crippen molar-refractivity contribution in [1.82, 2.24) is 10.3 Å². The number of hydrogen-bond acceptors (Lipinski definition) is 6. The molecule has 2 aromatic carbocycles. The van der Waals surface area contributed by atoms with Crippen molar-refractivity contribution in [2.24, 2.45) is 5.41 Å². The molecule has 1 saturated carbocycles. The SMILES string of the molecule is COc1ccnc(C(=O)CC2(C(=O)NCc3ccc(Oc4ccc(OC)cc4C(F)(F)F)cc3)CC2)c1. The molecule has 7 nitrogen and oxygen atoms in total. The van der Waals surface area contributed by atoms with Gasteiger partial charge in [0, 0.05) is 25.2 Å². The molecule has 1 amide bonds. The Labute approximate surface area is 211 Å². The maximum Gasteiger partial charge on any atom is 0.420 e. The van der Waals surface area contributed by atoms with Crippen LogP contribution in [-0.4, -0.2) is 30.9 Å². The molecular weight excluding hydrogens is 489 g/mol. The fourth-order valence-electron chi connectivity index (χ4n) is 3.84. The summed E-state index contributed by atoms with van der Waals surface area (Å²) in [5.41, 5.74) is -0.730. The average Bonchev–Trinajstić information content (AvgIpc) is 3.68. The number of rotatable bonds is 10. The second-order valence-corrected chi connectivity index (χ2v) is 8.75. The maximum atomic E-state index is 13.4. The zero-order valence-electron chi connectivity index (χ0n) is 20.2. The summed E-state index contributed by atoms with van der Waals surface area (Å²) in [6, 6.07) is 13.0. The van der Waals surface area contributed by atoms with Gasteiger partial charge in [0.15, 0.2) is 5.78 Å². The first kappa shape index (κ1) is 26.0. The van der Waals surface area contributed by atoms with Gasteiger partial charge in [-0.1, -0.05) is 12.1 Å². The van der Waals surface area contributed by atoms with Gasteiger partial charge in [-0.15, -0.1) is 0 Å². The Morgan fingerprint density at radius 2 is 1.59 bits per heavy atom. The van der Waals surface area contributed by atoms with Gasteiger partial charge >= 0.3 is 6.18 Å². The number of methoxy groups -OCH3 is 2. The highest BCUT2D eigenvalue weighted by Gasteiger charge is 2.51. The monoisotopic (exact) mass is 514 g/mol. The van der Waals surface area contributed by atoms with E-state index in [1.807, 2.05) is 0 Å². The molecule has 1 aliphatic carbocycles. The minimum absolute atomic E-state index is 0.0508. The summed E-state index contributed by atoms with van der Waals surface area (Å²) in [6.45, 7) is 0.197. The molecule has 0 spiro atoms. The van der Waals surface area contributed by atoms with E-state index >= 15 is 0 Å². The van der Waals surface area contributed by atoms with Gasteiger partial charge in [-0.3, -0.25) is 14.6 Å². The first-order valence-electron chi connectivity index (χ1n) is 11.5. The second-order valence-electron chi connectivity index (χ2n) is 8.75. The number of nitrogens with one attached hydrogen (secondary N) is 1. The van der Waals surface area contributed by atoms with Gasteiger partial charge in [-0.25, -0.2) is 0 Å². The molecule has 1 fully saturated rings. The van der Waals surface area contributed by atoms with Crippen molar-refractivity contribution in [3.8, 4) is 23.0 Å². The van der Waals surface area contributed by atoms with E-state index in [-0.39, 0.29) is 47.6 Å². The molecule has 37 heavy (non-hydrogen) atoms. The number of nitrogens with zero attached hydrogens (tertiary/aromatic N) is 1. The Bertz CT molecular complexity index is 1290. The van der Waals surface area contributed by atoms with Gasteiger partial charge in [0.25, 0.3) is 0 Å². The van der Waals surface area contributed by atoms with Crippen LogP contribution in [0.5, 0.6) is 23.0 Å². The molecule has 0 radical (unpaired) electrons. The minimum Gasteiger partial charge on any atom is -0.497 e. The van der Waals surface area contributed by atoms with E-state index in [1.54, 1.807) is 24.3 Å². The molecule has 1 heterocycles. The number of ketones is 1. The highest BCUT2D eigenvalue weighted by Crippen LogP contribution is 2.49. The first-order chi connectivity index (χ1) is 17.6. The number of alkyl halides is 3. The molecule has 1 N–H and O–H groups in total. The van der Waals surface area contributed by atoms with Crippen LogP contribution < -0.4 is 19.5 Å². The standard InChI is InChI=1S/C27H25F3N2O5/c1-35-19-7-8-24(21(13-19)27(28,29)30)37-18-5-3-17(4-6-18)16-32-25(34)26(10-11-26)15-23(33)22-14-20(36-2)9-12-31-22/h3-9,12-14H,10-11,15-16H2,1-2H3,(H,32,34). The number of halogens is 3. The predicted molar refractivity (Wildman–Crippen MR) is 128 cm³/mol. The predicted octanol–water partition coefficient (Wildman–Crippen LogP) is 5.58.